The summed E-state index contributed by atoms with van der Waals surface area (Å²) in [5.41, 5.74) is 0.791. The van der Waals surface area contributed by atoms with Crippen LogP contribution in [-0.2, 0) is 6.54 Å². The van der Waals surface area contributed by atoms with Crippen LogP contribution in [0.1, 0.15) is 31.2 Å². The highest BCUT2D eigenvalue weighted by atomic mass is 16.3. The Hall–Kier alpha value is -1.20. The summed E-state index contributed by atoms with van der Waals surface area (Å²) in [6, 6.07) is 0.388. The first-order valence-corrected chi connectivity index (χ1v) is 7.58. The van der Waals surface area contributed by atoms with Gasteiger partial charge in [-0.1, -0.05) is 0 Å². The molecule has 5 nitrogen and oxygen atoms in total. The van der Waals surface area contributed by atoms with Crippen molar-refractivity contribution in [1.29, 1.82) is 0 Å². The molecule has 20 heavy (non-hydrogen) atoms. The lowest BCUT2D eigenvalue weighted by atomic mass is 9.85. The summed E-state index contributed by atoms with van der Waals surface area (Å²) in [6.45, 7) is 4.67. The number of aromatic nitrogens is 2. The second-order valence-electron chi connectivity index (χ2n) is 6.23. The third-order valence-electron chi connectivity index (χ3n) is 4.85. The number of aryl methyl sites for hydroxylation is 1. The Labute approximate surface area is 119 Å². The highest BCUT2D eigenvalue weighted by Crippen LogP contribution is 2.29. The molecule has 2 aliphatic rings. The van der Waals surface area contributed by atoms with Gasteiger partial charge in [0.15, 0.2) is 0 Å². The van der Waals surface area contributed by atoms with Gasteiger partial charge in [0.25, 0.3) is 5.56 Å². The molecule has 1 aromatic rings. The van der Waals surface area contributed by atoms with Crippen LogP contribution in [0, 0.1) is 12.8 Å². The first-order valence-electron chi connectivity index (χ1n) is 7.58. The minimum absolute atomic E-state index is 0.0804. The van der Waals surface area contributed by atoms with Gasteiger partial charge in [0.2, 0.25) is 0 Å². The highest BCUT2D eigenvalue weighted by molar-refractivity contribution is 5.00. The smallest absolute Gasteiger partial charge is 0.256 e. The van der Waals surface area contributed by atoms with Gasteiger partial charge in [0.05, 0.1) is 12.4 Å². The molecule has 1 N–H and O–H groups in total. The molecular formula is C15H23N3O2. The lowest BCUT2D eigenvalue weighted by Gasteiger charge is -2.44. The minimum Gasteiger partial charge on any atom is -0.391 e. The third kappa shape index (κ3) is 2.65. The molecule has 0 spiro atoms. The summed E-state index contributed by atoms with van der Waals surface area (Å²) in [6.07, 6.45) is 7.45. The van der Waals surface area contributed by atoms with Crippen molar-refractivity contribution < 1.29 is 5.11 Å². The summed E-state index contributed by atoms with van der Waals surface area (Å²) < 4.78 is 1.74. The van der Waals surface area contributed by atoms with Crippen LogP contribution < -0.4 is 5.56 Å². The van der Waals surface area contributed by atoms with Crippen LogP contribution in [0.2, 0.25) is 0 Å². The van der Waals surface area contributed by atoms with Crippen molar-refractivity contribution in [3.05, 3.63) is 28.4 Å². The zero-order valence-corrected chi connectivity index (χ0v) is 12.0. The Kier molecular flexibility index (Phi) is 3.89. The Morgan fingerprint density at radius 1 is 1.30 bits per heavy atom. The molecule has 110 valence electrons. The molecule has 0 bridgehead atoms. The first kappa shape index (κ1) is 13.8. The standard InChI is InChI=1S/C15H23N3O2/c1-11-8-16-10-18(15(11)20)9-12-4-6-17(7-5-12)13-2-3-14(13)19/h8,10,12-14,19H,2-7,9H2,1H3. The predicted molar refractivity (Wildman–Crippen MR) is 76.6 cm³/mol. The Bertz CT molecular complexity index is 520. The maximum atomic E-state index is 12.0. The maximum Gasteiger partial charge on any atom is 0.256 e. The van der Waals surface area contributed by atoms with Crippen molar-refractivity contribution in [2.45, 2.75) is 51.3 Å². The van der Waals surface area contributed by atoms with Crippen molar-refractivity contribution in [3.8, 4) is 0 Å². The zero-order valence-electron chi connectivity index (χ0n) is 12.0. The predicted octanol–water partition coefficient (Wildman–Crippen LogP) is 0.787. The average molecular weight is 277 g/mol. The Morgan fingerprint density at radius 2 is 2.05 bits per heavy atom. The van der Waals surface area contributed by atoms with Crippen LogP contribution in [0.3, 0.4) is 0 Å². The molecule has 0 amide bonds. The Balaban J connectivity index is 1.56. The van der Waals surface area contributed by atoms with Crippen LogP contribution >= 0.6 is 0 Å². The molecule has 1 aliphatic carbocycles. The van der Waals surface area contributed by atoms with Crippen molar-refractivity contribution in [2.75, 3.05) is 13.1 Å². The molecule has 2 fully saturated rings. The summed E-state index contributed by atoms with van der Waals surface area (Å²) in [7, 11) is 0. The van der Waals surface area contributed by atoms with Gasteiger partial charge < -0.3 is 5.11 Å². The number of aliphatic hydroxyl groups is 1. The van der Waals surface area contributed by atoms with Gasteiger partial charge >= 0.3 is 0 Å². The number of piperidine rings is 1. The fourth-order valence-electron chi connectivity index (χ4n) is 3.33. The molecule has 3 rings (SSSR count). The fourth-order valence-corrected chi connectivity index (χ4v) is 3.33. The molecule has 0 aromatic carbocycles. The fraction of sp³-hybridized carbons (Fsp3) is 0.733. The van der Waals surface area contributed by atoms with Gasteiger partial charge in [-0.05, 0) is 51.6 Å². The number of aliphatic hydroxyl groups excluding tert-OH is 1. The molecule has 2 unspecified atom stereocenters. The van der Waals surface area contributed by atoms with E-state index >= 15 is 0 Å². The minimum atomic E-state index is -0.116. The largest absolute Gasteiger partial charge is 0.391 e. The SMILES string of the molecule is Cc1cncn(CC2CCN(C3CCC3O)CC2)c1=O. The molecule has 2 atom stereocenters. The summed E-state index contributed by atoms with van der Waals surface area (Å²) in [4.78, 5) is 18.5. The van der Waals surface area contributed by atoms with Crippen LogP contribution in [0.5, 0.6) is 0 Å². The summed E-state index contributed by atoms with van der Waals surface area (Å²) in [5, 5.41) is 9.73. The molecule has 0 radical (unpaired) electrons. The van der Waals surface area contributed by atoms with Gasteiger partial charge in [-0.15, -0.1) is 0 Å². The highest BCUT2D eigenvalue weighted by Gasteiger charge is 2.35. The monoisotopic (exact) mass is 277 g/mol. The number of nitrogens with zero attached hydrogens (tertiary/aromatic N) is 3. The average Bonchev–Trinajstić information content (AvgIpc) is 2.44. The molecule has 1 saturated heterocycles. The van der Waals surface area contributed by atoms with E-state index in [0.717, 1.165) is 45.3 Å². The van der Waals surface area contributed by atoms with E-state index < -0.39 is 0 Å². The van der Waals surface area contributed by atoms with Gasteiger partial charge in [-0.2, -0.15) is 0 Å². The van der Waals surface area contributed by atoms with E-state index in [4.69, 9.17) is 0 Å². The molecule has 1 aliphatic heterocycles. The second kappa shape index (κ2) is 5.66. The normalized spacial score (nSPS) is 28.3. The van der Waals surface area contributed by atoms with E-state index in [0.29, 0.717) is 17.5 Å². The lowest BCUT2D eigenvalue weighted by molar-refractivity contribution is -0.0346. The van der Waals surface area contributed by atoms with E-state index in [1.807, 2.05) is 6.92 Å². The first-order chi connectivity index (χ1) is 9.65. The number of hydrogen-bond donors (Lipinski definition) is 1. The molecule has 2 heterocycles. The van der Waals surface area contributed by atoms with Gasteiger partial charge in [-0.25, -0.2) is 4.98 Å². The van der Waals surface area contributed by atoms with E-state index in [1.54, 1.807) is 17.1 Å². The number of hydrogen-bond acceptors (Lipinski definition) is 4. The molecule has 1 aromatic heterocycles. The van der Waals surface area contributed by atoms with Crippen molar-refractivity contribution >= 4 is 0 Å². The molecule has 5 heteroatoms. The van der Waals surface area contributed by atoms with Gasteiger partial charge in [0, 0.05) is 24.3 Å². The lowest BCUT2D eigenvalue weighted by Crippen LogP contribution is -2.53. The van der Waals surface area contributed by atoms with Crippen LogP contribution in [0.15, 0.2) is 17.3 Å². The van der Waals surface area contributed by atoms with E-state index in [-0.39, 0.29) is 11.7 Å². The van der Waals surface area contributed by atoms with Gasteiger partial charge in [0.1, 0.15) is 0 Å². The van der Waals surface area contributed by atoms with Crippen LogP contribution in [0.4, 0.5) is 0 Å². The topological polar surface area (TPSA) is 58.4 Å². The maximum absolute atomic E-state index is 12.0. The van der Waals surface area contributed by atoms with Gasteiger partial charge in [-0.3, -0.25) is 14.3 Å². The Morgan fingerprint density at radius 3 is 2.65 bits per heavy atom. The van der Waals surface area contributed by atoms with Crippen molar-refractivity contribution in [3.63, 3.8) is 0 Å². The van der Waals surface area contributed by atoms with E-state index in [9.17, 15) is 9.90 Å². The quantitative estimate of drug-likeness (QED) is 0.887. The molecular weight excluding hydrogens is 254 g/mol. The van der Waals surface area contributed by atoms with Crippen LogP contribution in [0.25, 0.3) is 0 Å². The molecule has 1 saturated carbocycles. The van der Waals surface area contributed by atoms with Crippen molar-refractivity contribution in [2.24, 2.45) is 5.92 Å². The van der Waals surface area contributed by atoms with Crippen molar-refractivity contribution in [1.82, 2.24) is 14.5 Å². The second-order valence-corrected chi connectivity index (χ2v) is 6.23. The van der Waals surface area contributed by atoms with E-state index in [1.165, 1.54) is 0 Å². The van der Waals surface area contributed by atoms with E-state index in [2.05, 4.69) is 9.88 Å². The number of likely N-dealkylation sites (tertiary alicyclic amines) is 1. The van der Waals surface area contributed by atoms with Crippen LogP contribution in [-0.4, -0.2) is 44.8 Å². The third-order valence-corrected chi connectivity index (χ3v) is 4.85. The summed E-state index contributed by atoms with van der Waals surface area (Å²) in [5.74, 6) is 0.546. The zero-order chi connectivity index (χ0) is 14.1. The number of rotatable bonds is 3. The summed E-state index contributed by atoms with van der Waals surface area (Å²) >= 11 is 0.